The lowest BCUT2D eigenvalue weighted by Gasteiger charge is -2.21. The molecular formula is C14H18O3. The van der Waals surface area contributed by atoms with Gasteiger partial charge in [-0.15, -0.1) is 0 Å². The summed E-state index contributed by atoms with van der Waals surface area (Å²) in [5.41, 5.74) is 1.06. The molecule has 0 amide bonds. The van der Waals surface area contributed by atoms with Crippen LogP contribution in [-0.2, 0) is 16.1 Å². The highest BCUT2D eigenvalue weighted by molar-refractivity contribution is 5.79. The minimum absolute atomic E-state index is 0.220. The van der Waals surface area contributed by atoms with Crippen LogP contribution in [0.3, 0.4) is 0 Å². The smallest absolute Gasteiger partial charge is 0.133 e. The van der Waals surface area contributed by atoms with Gasteiger partial charge >= 0.3 is 0 Å². The van der Waals surface area contributed by atoms with Crippen LogP contribution in [0.2, 0.25) is 0 Å². The van der Waals surface area contributed by atoms with Gasteiger partial charge in [-0.05, 0) is 18.9 Å². The first-order valence-corrected chi connectivity index (χ1v) is 6.05. The Balaban J connectivity index is 1.87. The average molecular weight is 234 g/mol. The van der Waals surface area contributed by atoms with Gasteiger partial charge in [-0.25, -0.2) is 0 Å². The lowest BCUT2D eigenvalue weighted by atomic mass is 9.96. The summed E-state index contributed by atoms with van der Waals surface area (Å²) in [6, 6.07) is 7.86. The Morgan fingerprint density at radius 2 is 1.94 bits per heavy atom. The fourth-order valence-electron chi connectivity index (χ4n) is 2.11. The minimum Gasteiger partial charge on any atom is -0.496 e. The molecule has 3 nitrogen and oxygen atoms in total. The van der Waals surface area contributed by atoms with Crippen LogP contribution in [0.15, 0.2) is 24.3 Å². The van der Waals surface area contributed by atoms with Gasteiger partial charge < -0.3 is 9.47 Å². The van der Waals surface area contributed by atoms with Crippen LogP contribution in [0, 0.1) is 0 Å². The lowest BCUT2D eigenvalue weighted by molar-refractivity contribution is -0.123. The number of ether oxygens (including phenoxy) is 2. The van der Waals surface area contributed by atoms with E-state index in [2.05, 4.69) is 0 Å². The fraction of sp³-hybridized carbons (Fsp3) is 0.500. The standard InChI is InChI=1S/C14H18O3/c1-16-14-5-3-2-4-11(14)10-17-13-8-6-12(15)7-9-13/h2-5,13H,6-10H2,1H3. The van der Waals surface area contributed by atoms with Crippen molar-refractivity contribution in [2.75, 3.05) is 7.11 Å². The van der Waals surface area contributed by atoms with Gasteiger partial charge in [-0.1, -0.05) is 18.2 Å². The van der Waals surface area contributed by atoms with Gasteiger partial charge in [0.15, 0.2) is 0 Å². The summed E-state index contributed by atoms with van der Waals surface area (Å²) < 4.78 is 11.1. The summed E-state index contributed by atoms with van der Waals surface area (Å²) in [7, 11) is 1.66. The molecular weight excluding hydrogens is 216 g/mol. The van der Waals surface area contributed by atoms with E-state index in [1.54, 1.807) is 7.11 Å². The zero-order chi connectivity index (χ0) is 12.1. The molecule has 1 saturated carbocycles. The number of methoxy groups -OCH3 is 1. The van der Waals surface area contributed by atoms with E-state index in [-0.39, 0.29) is 6.10 Å². The van der Waals surface area contributed by atoms with E-state index in [1.807, 2.05) is 24.3 Å². The fourth-order valence-corrected chi connectivity index (χ4v) is 2.11. The quantitative estimate of drug-likeness (QED) is 0.803. The molecule has 3 heteroatoms. The summed E-state index contributed by atoms with van der Waals surface area (Å²) >= 11 is 0. The number of hydrogen-bond acceptors (Lipinski definition) is 3. The average Bonchev–Trinajstić information content (AvgIpc) is 2.38. The van der Waals surface area contributed by atoms with E-state index in [0.29, 0.717) is 25.2 Å². The number of benzene rings is 1. The number of carbonyl (C=O) groups is 1. The van der Waals surface area contributed by atoms with Crippen LogP contribution in [0.4, 0.5) is 0 Å². The zero-order valence-electron chi connectivity index (χ0n) is 10.1. The molecule has 1 aromatic carbocycles. The maximum Gasteiger partial charge on any atom is 0.133 e. The molecule has 0 aliphatic heterocycles. The Morgan fingerprint density at radius 1 is 1.24 bits per heavy atom. The molecule has 0 heterocycles. The second kappa shape index (κ2) is 5.82. The summed E-state index contributed by atoms with van der Waals surface area (Å²) in [5.74, 6) is 1.22. The second-order valence-corrected chi connectivity index (χ2v) is 4.36. The van der Waals surface area contributed by atoms with E-state index < -0.39 is 0 Å². The molecule has 1 fully saturated rings. The van der Waals surface area contributed by atoms with E-state index in [0.717, 1.165) is 24.2 Å². The molecule has 92 valence electrons. The van der Waals surface area contributed by atoms with Crippen molar-refractivity contribution in [3.8, 4) is 5.75 Å². The molecule has 0 N–H and O–H groups in total. The van der Waals surface area contributed by atoms with Crippen molar-refractivity contribution >= 4 is 5.78 Å². The number of ketones is 1. The van der Waals surface area contributed by atoms with Gasteiger partial charge in [0, 0.05) is 18.4 Å². The van der Waals surface area contributed by atoms with Crippen LogP contribution in [0.1, 0.15) is 31.2 Å². The normalized spacial score (nSPS) is 17.1. The molecule has 2 rings (SSSR count). The van der Waals surface area contributed by atoms with Gasteiger partial charge in [0.25, 0.3) is 0 Å². The monoisotopic (exact) mass is 234 g/mol. The van der Waals surface area contributed by atoms with Gasteiger partial charge in [0.1, 0.15) is 11.5 Å². The molecule has 0 radical (unpaired) electrons. The van der Waals surface area contributed by atoms with Crippen molar-refractivity contribution < 1.29 is 14.3 Å². The van der Waals surface area contributed by atoms with Crippen molar-refractivity contribution in [2.24, 2.45) is 0 Å². The van der Waals surface area contributed by atoms with Crippen molar-refractivity contribution in [2.45, 2.75) is 38.4 Å². The van der Waals surface area contributed by atoms with E-state index in [9.17, 15) is 4.79 Å². The van der Waals surface area contributed by atoms with Crippen LogP contribution in [0.25, 0.3) is 0 Å². The van der Waals surface area contributed by atoms with Crippen molar-refractivity contribution in [3.63, 3.8) is 0 Å². The van der Waals surface area contributed by atoms with Gasteiger partial charge in [-0.2, -0.15) is 0 Å². The summed E-state index contributed by atoms with van der Waals surface area (Å²) in [6.45, 7) is 0.558. The lowest BCUT2D eigenvalue weighted by Crippen LogP contribution is -2.21. The van der Waals surface area contributed by atoms with E-state index in [4.69, 9.17) is 9.47 Å². The van der Waals surface area contributed by atoms with Crippen LogP contribution >= 0.6 is 0 Å². The Bertz CT molecular complexity index is 377. The Kier molecular flexibility index (Phi) is 4.15. The summed E-state index contributed by atoms with van der Waals surface area (Å²) in [4.78, 5) is 11.1. The molecule has 0 unspecified atom stereocenters. The molecule has 0 bridgehead atoms. The second-order valence-electron chi connectivity index (χ2n) is 4.36. The van der Waals surface area contributed by atoms with Crippen molar-refractivity contribution in [1.29, 1.82) is 0 Å². The Morgan fingerprint density at radius 3 is 2.65 bits per heavy atom. The first kappa shape index (κ1) is 12.1. The molecule has 1 aliphatic rings. The minimum atomic E-state index is 0.220. The molecule has 0 spiro atoms. The van der Waals surface area contributed by atoms with Gasteiger partial charge in [0.2, 0.25) is 0 Å². The largest absolute Gasteiger partial charge is 0.496 e. The third-order valence-corrected chi connectivity index (χ3v) is 3.16. The van der Waals surface area contributed by atoms with Crippen molar-refractivity contribution in [1.82, 2.24) is 0 Å². The number of para-hydroxylation sites is 1. The third-order valence-electron chi connectivity index (χ3n) is 3.16. The first-order chi connectivity index (χ1) is 8.29. The number of carbonyl (C=O) groups excluding carboxylic acids is 1. The predicted octanol–water partition coefficient (Wildman–Crippen LogP) is 2.72. The Labute approximate surface area is 102 Å². The molecule has 1 aromatic rings. The first-order valence-electron chi connectivity index (χ1n) is 6.05. The topological polar surface area (TPSA) is 35.5 Å². The Hall–Kier alpha value is -1.35. The summed E-state index contributed by atoms with van der Waals surface area (Å²) in [5, 5.41) is 0. The van der Waals surface area contributed by atoms with E-state index >= 15 is 0 Å². The zero-order valence-corrected chi connectivity index (χ0v) is 10.1. The van der Waals surface area contributed by atoms with Crippen LogP contribution < -0.4 is 4.74 Å². The molecule has 1 aliphatic carbocycles. The van der Waals surface area contributed by atoms with E-state index in [1.165, 1.54) is 0 Å². The van der Waals surface area contributed by atoms with Crippen molar-refractivity contribution in [3.05, 3.63) is 29.8 Å². The maximum absolute atomic E-state index is 11.1. The maximum atomic E-state index is 11.1. The molecule has 0 atom stereocenters. The third kappa shape index (κ3) is 3.30. The van der Waals surface area contributed by atoms with Crippen LogP contribution in [-0.4, -0.2) is 19.0 Å². The molecule has 0 saturated heterocycles. The highest BCUT2D eigenvalue weighted by atomic mass is 16.5. The highest BCUT2D eigenvalue weighted by Gasteiger charge is 2.19. The molecule has 0 aromatic heterocycles. The highest BCUT2D eigenvalue weighted by Crippen LogP contribution is 2.22. The number of hydrogen-bond donors (Lipinski definition) is 0. The SMILES string of the molecule is COc1ccccc1COC1CCC(=O)CC1. The molecule has 17 heavy (non-hydrogen) atoms. The van der Waals surface area contributed by atoms with Crippen LogP contribution in [0.5, 0.6) is 5.75 Å². The van der Waals surface area contributed by atoms with Gasteiger partial charge in [-0.3, -0.25) is 4.79 Å². The number of rotatable bonds is 4. The van der Waals surface area contributed by atoms with Gasteiger partial charge in [0.05, 0.1) is 19.8 Å². The predicted molar refractivity (Wildman–Crippen MR) is 65.0 cm³/mol. The summed E-state index contributed by atoms with van der Waals surface area (Å²) in [6.07, 6.45) is 3.26. The number of Topliss-reactive ketones (excluding diaryl/α,β-unsaturated/α-hetero) is 1.